The molecule has 0 heterocycles. The first-order chi connectivity index (χ1) is 10.3. The van der Waals surface area contributed by atoms with Gasteiger partial charge in [0.05, 0.1) is 7.11 Å². The first-order valence-electron chi connectivity index (χ1n) is 7.27. The van der Waals surface area contributed by atoms with Crippen molar-refractivity contribution in [2.75, 3.05) is 7.11 Å². The second-order valence-corrected chi connectivity index (χ2v) is 5.59. The Bertz CT molecular complexity index is 492. The van der Waals surface area contributed by atoms with Crippen molar-refractivity contribution in [3.63, 3.8) is 0 Å². The van der Waals surface area contributed by atoms with Gasteiger partial charge in [-0.05, 0) is 43.9 Å². The van der Waals surface area contributed by atoms with Gasteiger partial charge in [0.2, 0.25) is 0 Å². The normalized spacial score (nSPS) is 12.4. The average Bonchev–Trinajstić information content (AvgIpc) is 2.44. The Hall–Kier alpha value is -1.85. The molecule has 0 radical (unpaired) electrons. The predicted molar refractivity (Wildman–Crippen MR) is 80.6 cm³/mol. The monoisotopic (exact) mass is 315 g/mol. The molecule has 0 spiro atoms. The molecule has 1 aromatic carbocycles. The van der Waals surface area contributed by atoms with Gasteiger partial charge in [0.15, 0.2) is 11.5 Å². The van der Waals surface area contributed by atoms with E-state index in [-0.39, 0.29) is 23.4 Å². The van der Waals surface area contributed by atoms with Crippen molar-refractivity contribution < 1.29 is 23.0 Å². The fourth-order valence-electron chi connectivity index (χ4n) is 1.96. The van der Waals surface area contributed by atoms with Crippen LogP contribution in [0, 0.1) is 5.92 Å². The molecule has 6 heteroatoms. The highest BCUT2D eigenvalue weighted by atomic mass is 19.3. The number of methoxy groups -OCH3 is 1. The Morgan fingerprint density at radius 3 is 2.41 bits per heavy atom. The zero-order chi connectivity index (χ0) is 16.7. The lowest BCUT2D eigenvalue weighted by Crippen LogP contribution is -2.32. The third-order valence-electron chi connectivity index (χ3n) is 3.20. The molecule has 0 fully saturated rings. The predicted octanol–water partition coefficient (Wildman–Crippen LogP) is 3.85. The van der Waals surface area contributed by atoms with E-state index >= 15 is 0 Å². The lowest BCUT2D eigenvalue weighted by molar-refractivity contribution is -0.0512. The number of hydrogen-bond donors (Lipinski definition) is 1. The van der Waals surface area contributed by atoms with Crippen LogP contribution in [0.15, 0.2) is 18.2 Å². The molecular weight excluding hydrogens is 292 g/mol. The summed E-state index contributed by atoms with van der Waals surface area (Å²) in [4.78, 5) is 12.1. The summed E-state index contributed by atoms with van der Waals surface area (Å²) in [5.74, 6) is 0.313. The lowest BCUT2D eigenvalue weighted by atomic mass is 10.0. The topological polar surface area (TPSA) is 47.6 Å². The Balaban J connectivity index is 2.73. The Morgan fingerprint density at radius 2 is 1.86 bits per heavy atom. The maximum absolute atomic E-state index is 12.3. The minimum atomic E-state index is -2.94. The minimum absolute atomic E-state index is 0.0397. The van der Waals surface area contributed by atoms with Crippen molar-refractivity contribution >= 4 is 5.91 Å². The summed E-state index contributed by atoms with van der Waals surface area (Å²) in [5, 5.41) is 2.88. The minimum Gasteiger partial charge on any atom is -0.493 e. The van der Waals surface area contributed by atoms with Gasteiger partial charge in [-0.25, -0.2) is 0 Å². The first-order valence-corrected chi connectivity index (χ1v) is 7.27. The molecule has 124 valence electrons. The fraction of sp³-hybridized carbons (Fsp3) is 0.562. The lowest BCUT2D eigenvalue weighted by Gasteiger charge is -2.16. The Labute approximate surface area is 129 Å². The molecule has 0 bridgehead atoms. The third-order valence-corrected chi connectivity index (χ3v) is 3.20. The zero-order valence-corrected chi connectivity index (χ0v) is 13.4. The summed E-state index contributed by atoms with van der Waals surface area (Å²) < 4.78 is 33.8. The van der Waals surface area contributed by atoms with Gasteiger partial charge >= 0.3 is 6.61 Å². The van der Waals surface area contributed by atoms with Crippen molar-refractivity contribution in [1.29, 1.82) is 0 Å². The van der Waals surface area contributed by atoms with E-state index in [1.165, 1.54) is 25.3 Å². The molecule has 1 aromatic rings. The van der Waals surface area contributed by atoms with Crippen LogP contribution in [0.1, 0.15) is 44.0 Å². The molecule has 0 aliphatic carbocycles. The van der Waals surface area contributed by atoms with Gasteiger partial charge in [0.25, 0.3) is 5.91 Å². The second-order valence-electron chi connectivity index (χ2n) is 5.59. The maximum atomic E-state index is 12.3. The van der Waals surface area contributed by atoms with E-state index in [2.05, 4.69) is 23.9 Å². The summed E-state index contributed by atoms with van der Waals surface area (Å²) in [6.07, 6.45) is 1.90. The molecule has 4 nitrogen and oxygen atoms in total. The smallest absolute Gasteiger partial charge is 0.387 e. The number of ether oxygens (including phenoxy) is 2. The van der Waals surface area contributed by atoms with Gasteiger partial charge < -0.3 is 14.8 Å². The molecular formula is C16H23F2NO3. The molecule has 0 aromatic heterocycles. The van der Waals surface area contributed by atoms with Crippen LogP contribution in [-0.2, 0) is 0 Å². The number of carbonyl (C=O) groups excluding carboxylic acids is 1. The summed E-state index contributed by atoms with van der Waals surface area (Å²) in [6.45, 7) is 3.25. The number of halogens is 2. The quantitative estimate of drug-likeness (QED) is 0.792. The molecule has 0 aliphatic rings. The van der Waals surface area contributed by atoms with Crippen LogP contribution in [-0.4, -0.2) is 25.7 Å². The number of nitrogens with one attached hydrogen (secondary N) is 1. The standard InChI is InChI=1S/C16H23F2NO3/c1-10(2)5-6-11(3)19-15(20)12-7-8-13(22-16(17)18)14(9-12)21-4/h7-11,16H,5-6H2,1-4H3,(H,19,20). The van der Waals surface area contributed by atoms with Crippen molar-refractivity contribution in [2.45, 2.75) is 46.3 Å². The van der Waals surface area contributed by atoms with E-state index in [0.717, 1.165) is 12.8 Å². The molecule has 1 rings (SSSR count). The third kappa shape index (κ3) is 5.87. The number of amides is 1. The maximum Gasteiger partial charge on any atom is 0.387 e. The van der Waals surface area contributed by atoms with E-state index < -0.39 is 6.61 Å². The van der Waals surface area contributed by atoms with Gasteiger partial charge in [-0.2, -0.15) is 8.78 Å². The largest absolute Gasteiger partial charge is 0.493 e. The highest BCUT2D eigenvalue weighted by Crippen LogP contribution is 2.29. The Kier molecular flexibility index (Phi) is 7.08. The summed E-state index contributed by atoms with van der Waals surface area (Å²) in [6, 6.07) is 4.17. The molecule has 1 N–H and O–H groups in total. The number of alkyl halides is 2. The van der Waals surface area contributed by atoms with Gasteiger partial charge in [-0.15, -0.1) is 0 Å². The van der Waals surface area contributed by atoms with Crippen molar-refractivity contribution in [1.82, 2.24) is 5.32 Å². The van der Waals surface area contributed by atoms with E-state index in [4.69, 9.17) is 4.74 Å². The van der Waals surface area contributed by atoms with E-state index in [1.54, 1.807) is 0 Å². The molecule has 1 amide bonds. The molecule has 0 saturated carbocycles. The fourth-order valence-corrected chi connectivity index (χ4v) is 1.96. The van der Waals surface area contributed by atoms with E-state index in [0.29, 0.717) is 11.5 Å². The first kappa shape index (κ1) is 18.2. The number of hydrogen-bond acceptors (Lipinski definition) is 3. The van der Waals surface area contributed by atoms with Crippen LogP contribution in [0.25, 0.3) is 0 Å². The number of benzene rings is 1. The molecule has 1 unspecified atom stereocenters. The van der Waals surface area contributed by atoms with Crippen LogP contribution < -0.4 is 14.8 Å². The van der Waals surface area contributed by atoms with E-state index in [1.807, 2.05) is 6.92 Å². The zero-order valence-electron chi connectivity index (χ0n) is 13.4. The SMILES string of the molecule is COc1cc(C(=O)NC(C)CCC(C)C)ccc1OC(F)F. The van der Waals surface area contributed by atoms with Crippen molar-refractivity contribution in [2.24, 2.45) is 5.92 Å². The van der Waals surface area contributed by atoms with Crippen LogP contribution in [0.2, 0.25) is 0 Å². The van der Waals surface area contributed by atoms with E-state index in [9.17, 15) is 13.6 Å². The number of rotatable bonds is 8. The average molecular weight is 315 g/mol. The molecule has 0 aliphatic heterocycles. The summed E-state index contributed by atoms with van der Waals surface area (Å²) in [5.41, 5.74) is 0.342. The molecule has 22 heavy (non-hydrogen) atoms. The molecule has 1 atom stereocenters. The Morgan fingerprint density at radius 1 is 1.18 bits per heavy atom. The van der Waals surface area contributed by atoms with Crippen LogP contribution in [0.4, 0.5) is 8.78 Å². The summed E-state index contributed by atoms with van der Waals surface area (Å²) in [7, 11) is 1.33. The highest BCUT2D eigenvalue weighted by molar-refractivity contribution is 5.95. The second kappa shape index (κ2) is 8.56. The van der Waals surface area contributed by atoms with Gasteiger partial charge in [-0.1, -0.05) is 13.8 Å². The highest BCUT2D eigenvalue weighted by Gasteiger charge is 2.15. The summed E-state index contributed by atoms with van der Waals surface area (Å²) >= 11 is 0. The van der Waals surface area contributed by atoms with Crippen LogP contribution >= 0.6 is 0 Å². The molecule has 0 saturated heterocycles. The van der Waals surface area contributed by atoms with Gasteiger partial charge in [0, 0.05) is 11.6 Å². The van der Waals surface area contributed by atoms with Gasteiger partial charge in [-0.3, -0.25) is 4.79 Å². The van der Waals surface area contributed by atoms with Gasteiger partial charge in [0.1, 0.15) is 0 Å². The van der Waals surface area contributed by atoms with Crippen molar-refractivity contribution in [3.8, 4) is 11.5 Å². The van der Waals surface area contributed by atoms with Crippen LogP contribution in [0.3, 0.4) is 0 Å². The van der Waals surface area contributed by atoms with Crippen molar-refractivity contribution in [3.05, 3.63) is 23.8 Å². The van der Waals surface area contributed by atoms with Crippen LogP contribution in [0.5, 0.6) is 11.5 Å². The number of carbonyl (C=O) groups is 1.